The van der Waals surface area contributed by atoms with E-state index < -0.39 is 22.0 Å². The summed E-state index contributed by atoms with van der Waals surface area (Å²) in [7, 11) is -2.37. The second-order valence-electron chi connectivity index (χ2n) is 3.60. The van der Waals surface area contributed by atoms with Crippen LogP contribution in [-0.4, -0.2) is 57.2 Å². The maximum atomic E-state index is 11.9. The molecule has 7 nitrogen and oxygen atoms in total. The Hall–Kier alpha value is -1.17. The second-order valence-corrected chi connectivity index (χ2v) is 5.64. The number of rotatable bonds is 4. The van der Waals surface area contributed by atoms with Gasteiger partial charge < -0.3 is 10.1 Å². The van der Waals surface area contributed by atoms with Gasteiger partial charge in [0.15, 0.2) is 0 Å². The Morgan fingerprint density at radius 3 is 2.94 bits per heavy atom. The Bertz CT molecular complexity index is 414. The molecule has 0 spiro atoms. The molecule has 0 saturated carbocycles. The quantitative estimate of drug-likeness (QED) is 0.630. The molecular weight excluding hydrogens is 246 g/mol. The van der Waals surface area contributed by atoms with Gasteiger partial charge in [-0.2, -0.15) is 9.57 Å². The summed E-state index contributed by atoms with van der Waals surface area (Å²) in [5.74, 6) is -0.894. The SMILES string of the molecule is COC(=O)CCS(=O)(=O)N1CCNCC1C#N. The first-order valence-electron chi connectivity index (χ1n) is 5.18. The predicted molar refractivity (Wildman–Crippen MR) is 59.4 cm³/mol. The standard InChI is InChI=1S/C9H15N3O4S/c1-16-9(13)2-5-17(14,15)12-4-3-11-7-8(12)6-10/h8,11H,2-5,7H2,1H3. The molecule has 1 atom stereocenters. The van der Waals surface area contributed by atoms with Gasteiger partial charge in [-0.3, -0.25) is 4.79 Å². The summed E-state index contributed by atoms with van der Waals surface area (Å²) < 4.78 is 29.4. The van der Waals surface area contributed by atoms with Crippen molar-refractivity contribution >= 4 is 16.0 Å². The highest BCUT2D eigenvalue weighted by Gasteiger charge is 2.32. The van der Waals surface area contributed by atoms with Crippen LogP contribution in [-0.2, 0) is 19.6 Å². The van der Waals surface area contributed by atoms with E-state index in [9.17, 15) is 13.2 Å². The van der Waals surface area contributed by atoms with Crippen molar-refractivity contribution in [1.82, 2.24) is 9.62 Å². The number of ether oxygens (including phenoxy) is 1. The van der Waals surface area contributed by atoms with Crippen LogP contribution in [0.25, 0.3) is 0 Å². The number of nitriles is 1. The van der Waals surface area contributed by atoms with Gasteiger partial charge in [0.05, 0.1) is 25.4 Å². The summed E-state index contributed by atoms with van der Waals surface area (Å²) in [6.45, 7) is 1.07. The van der Waals surface area contributed by atoms with Gasteiger partial charge in [-0.15, -0.1) is 0 Å². The van der Waals surface area contributed by atoms with Gasteiger partial charge in [0, 0.05) is 19.6 Å². The van der Waals surface area contributed by atoms with Gasteiger partial charge in [-0.25, -0.2) is 8.42 Å². The molecule has 17 heavy (non-hydrogen) atoms. The third kappa shape index (κ3) is 3.66. The minimum Gasteiger partial charge on any atom is -0.469 e. The Balaban J connectivity index is 2.68. The third-order valence-electron chi connectivity index (χ3n) is 2.49. The highest BCUT2D eigenvalue weighted by atomic mass is 32.2. The van der Waals surface area contributed by atoms with Crippen molar-refractivity contribution in [2.75, 3.05) is 32.5 Å². The number of nitrogens with zero attached hydrogens (tertiary/aromatic N) is 2. The smallest absolute Gasteiger partial charge is 0.306 e. The van der Waals surface area contributed by atoms with E-state index in [1.54, 1.807) is 0 Å². The molecule has 1 aliphatic rings. The zero-order valence-electron chi connectivity index (χ0n) is 9.55. The normalized spacial score (nSPS) is 21.8. The molecule has 1 saturated heterocycles. The molecule has 1 unspecified atom stereocenters. The Morgan fingerprint density at radius 2 is 2.35 bits per heavy atom. The van der Waals surface area contributed by atoms with Crippen molar-refractivity contribution in [3.8, 4) is 6.07 Å². The minimum absolute atomic E-state index is 0.194. The fourth-order valence-corrected chi connectivity index (χ4v) is 3.10. The van der Waals surface area contributed by atoms with Crippen LogP contribution in [0.1, 0.15) is 6.42 Å². The zero-order valence-corrected chi connectivity index (χ0v) is 10.4. The van der Waals surface area contributed by atoms with Crippen LogP contribution >= 0.6 is 0 Å². The Kier molecular flexibility index (Phi) is 4.86. The number of hydrogen-bond acceptors (Lipinski definition) is 6. The first-order chi connectivity index (χ1) is 8.01. The van der Waals surface area contributed by atoms with Gasteiger partial charge in [0.1, 0.15) is 6.04 Å². The van der Waals surface area contributed by atoms with Crippen LogP contribution in [0.4, 0.5) is 0 Å². The molecule has 1 N–H and O–H groups in total. The highest BCUT2D eigenvalue weighted by molar-refractivity contribution is 7.89. The Labute approximate surface area is 100 Å². The number of carbonyl (C=O) groups is 1. The molecule has 0 amide bonds. The van der Waals surface area contributed by atoms with Crippen molar-refractivity contribution in [1.29, 1.82) is 5.26 Å². The van der Waals surface area contributed by atoms with E-state index in [2.05, 4.69) is 10.1 Å². The van der Waals surface area contributed by atoms with Crippen molar-refractivity contribution in [2.45, 2.75) is 12.5 Å². The number of sulfonamides is 1. The highest BCUT2D eigenvalue weighted by Crippen LogP contribution is 2.11. The molecule has 0 bridgehead atoms. The van der Waals surface area contributed by atoms with Crippen LogP contribution in [0, 0.1) is 11.3 Å². The first-order valence-corrected chi connectivity index (χ1v) is 6.79. The van der Waals surface area contributed by atoms with Crippen molar-refractivity contribution in [3.63, 3.8) is 0 Å². The maximum absolute atomic E-state index is 11.9. The van der Waals surface area contributed by atoms with Crippen LogP contribution < -0.4 is 5.32 Å². The predicted octanol–water partition coefficient (Wildman–Crippen LogP) is -1.32. The van der Waals surface area contributed by atoms with E-state index in [1.165, 1.54) is 7.11 Å². The molecule has 1 rings (SSSR count). The molecule has 1 heterocycles. The number of esters is 1. The van der Waals surface area contributed by atoms with Gasteiger partial charge >= 0.3 is 5.97 Å². The molecule has 8 heteroatoms. The van der Waals surface area contributed by atoms with Gasteiger partial charge in [-0.05, 0) is 0 Å². The molecule has 1 fully saturated rings. The van der Waals surface area contributed by atoms with Gasteiger partial charge in [0.25, 0.3) is 0 Å². The maximum Gasteiger partial charge on any atom is 0.306 e. The van der Waals surface area contributed by atoms with Crippen molar-refractivity contribution < 1.29 is 17.9 Å². The fourth-order valence-electron chi connectivity index (χ4n) is 1.56. The molecule has 0 aromatic heterocycles. The number of hydrogen-bond donors (Lipinski definition) is 1. The van der Waals surface area contributed by atoms with E-state index in [-0.39, 0.29) is 18.7 Å². The lowest BCUT2D eigenvalue weighted by Gasteiger charge is -2.30. The molecule has 0 aliphatic carbocycles. The summed E-state index contributed by atoms with van der Waals surface area (Å²) in [6, 6.07) is 1.23. The van der Waals surface area contributed by atoms with Crippen molar-refractivity contribution in [2.24, 2.45) is 0 Å². The summed E-state index contributed by atoms with van der Waals surface area (Å²) in [5, 5.41) is 11.8. The molecule has 1 aliphatic heterocycles. The Morgan fingerprint density at radius 1 is 1.65 bits per heavy atom. The van der Waals surface area contributed by atoms with E-state index in [0.29, 0.717) is 13.1 Å². The summed E-state index contributed by atoms with van der Waals surface area (Å²) >= 11 is 0. The molecule has 96 valence electrons. The number of piperazine rings is 1. The van der Waals surface area contributed by atoms with Gasteiger partial charge in [-0.1, -0.05) is 0 Å². The minimum atomic E-state index is -3.58. The zero-order chi connectivity index (χ0) is 12.9. The molecule has 0 radical (unpaired) electrons. The first kappa shape index (κ1) is 13.9. The molecular formula is C9H15N3O4S. The van der Waals surface area contributed by atoms with E-state index in [4.69, 9.17) is 5.26 Å². The third-order valence-corrected chi connectivity index (χ3v) is 4.36. The lowest BCUT2D eigenvalue weighted by molar-refractivity contribution is -0.140. The van der Waals surface area contributed by atoms with Crippen LogP contribution in [0.3, 0.4) is 0 Å². The second kappa shape index (κ2) is 5.95. The van der Waals surface area contributed by atoms with Crippen LogP contribution in [0.15, 0.2) is 0 Å². The van der Waals surface area contributed by atoms with E-state index >= 15 is 0 Å². The van der Waals surface area contributed by atoms with Crippen LogP contribution in [0.5, 0.6) is 0 Å². The van der Waals surface area contributed by atoms with Crippen LogP contribution in [0.2, 0.25) is 0 Å². The van der Waals surface area contributed by atoms with Crippen molar-refractivity contribution in [3.05, 3.63) is 0 Å². The summed E-state index contributed by atoms with van der Waals surface area (Å²) in [4.78, 5) is 10.9. The van der Waals surface area contributed by atoms with E-state index in [1.807, 2.05) is 6.07 Å². The fraction of sp³-hybridized carbons (Fsp3) is 0.778. The molecule has 0 aromatic rings. The lowest BCUT2D eigenvalue weighted by Crippen LogP contribution is -2.53. The van der Waals surface area contributed by atoms with Gasteiger partial charge in [0.2, 0.25) is 10.0 Å². The summed E-state index contributed by atoms with van der Waals surface area (Å²) in [5.41, 5.74) is 0. The average molecular weight is 261 g/mol. The summed E-state index contributed by atoms with van der Waals surface area (Å²) in [6.07, 6.45) is -0.194. The monoisotopic (exact) mass is 261 g/mol. The molecule has 0 aromatic carbocycles. The number of nitrogens with one attached hydrogen (secondary N) is 1. The topological polar surface area (TPSA) is 99.5 Å². The number of methoxy groups -OCH3 is 1. The largest absolute Gasteiger partial charge is 0.469 e. The lowest BCUT2D eigenvalue weighted by atomic mass is 10.3. The number of carbonyl (C=O) groups excluding carboxylic acids is 1. The average Bonchev–Trinajstić information content (AvgIpc) is 2.35. The van der Waals surface area contributed by atoms with E-state index in [0.717, 1.165) is 4.31 Å².